The zero-order valence-corrected chi connectivity index (χ0v) is 15.1. The zero-order valence-electron chi connectivity index (χ0n) is 15.1. The van der Waals surface area contributed by atoms with Gasteiger partial charge >= 0.3 is 0 Å². The summed E-state index contributed by atoms with van der Waals surface area (Å²) in [6.07, 6.45) is 0.845. The summed E-state index contributed by atoms with van der Waals surface area (Å²) in [6.45, 7) is 6.07. The van der Waals surface area contributed by atoms with Gasteiger partial charge in [0.25, 0.3) is 5.91 Å². The van der Waals surface area contributed by atoms with E-state index in [0.717, 1.165) is 23.4 Å². The van der Waals surface area contributed by atoms with E-state index in [1.165, 1.54) is 16.8 Å². The van der Waals surface area contributed by atoms with Gasteiger partial charge in [-0.3, -0.25) is 9.48 Å². The van der Waals surface area contributed by atoms with E-state index in [2.05, 4.69) is 29.5 Å². The van der Waals surface area contributed by atoms with Crippen LogP contribution >= 0.6 is 0 Å². The molecule has 0 atom stereocenters. The smallest absolute Gasteiger partial charge is 0.255 e. The number of amides is 1. The molecule has 25 heavy (non-hydrogen) atoms. The maximum Gasteiger partial charge on any atom is 0.255 e. The van der Waals surface area contributed by atoms with E-state index in [0.29, 0.717) is 5.56 Å². The fraction of sp³-hybridized carbons (Fsp3) is 0.238. The summed E-state index contributed by atoms with van der Waals surface area (Å²) in [4.78, 5) is 12.4. The van der Waals surface area contributed by atoms with E-state index in [9.17, 15) is 4.79 Å². The molecule has 2 aromatic carbocycles. The summed E-state index contributed by atoms with van der Waals surface area (Å²) < 4.78 is 1.92. The van der Waals surface area contributed by atoms with Crippen molar-refractivity contribution in [3.8, 4) is 0 Å². The van der Waals surface area contributed by atoms with E-state index in [-0.39, 0.29) is 5.91 Å². The van der Waals surface area contributed by atoms with Gasteiger partial charge in [0.05, 0.1) is 5.69 Å². The molecule has 0 spiro atoms. The highest BCUT2D eigenvalue weighted by Gasteiger charge is 2.11. The number of rotatable bonds is 4. The van der Waals surface area contributed by atoms with Crippen LogP contribution in [0.15, 0.2) is 48.5 Å². The molecule has 0 fully saturated rings. The van der Waals surface area contributed by atoms with Crippen molar-refractivity contribution in [3.63, 3.8) is 0 Å². The first-order valence-electron chi connectivity index (χ1n) is 8.40. The van der Waals surface area contributed by atoms with Gasteiger partial charge in [-0.25, -0.2) is 0 Å². The SMILES string of the molecule is Cc1ccccc1C(=O)Nc1ccc(Cc2c(C)nn(C)c2C)cc1. The summed E-state index contributed by atoms with van der Waals surface area (Å²) in [5.74, 6) is -0.0789. The molecular weight excluding hydrogens is 310 g/mol. The molecule has 1 amide bonds. The highest BCUT2D eigenvalue weighted by Crippen LogP contribution is 2.19. The highest BCUT2D eigenvalue weighted by molar-refractivity contribution is 6.05. The number of aryl methyl sites for hydroxylation is 3. The molecule has 0 aliphatic rings. The third-order valence-corrected chi connectivity index (χ3v) is 4.64. The van der Waals surface area contributed by atoms with E-state index >= 15 is 0 Å². The molecule has 3 rings (SSSR count). The van der Waals surface area contributed by atoms with Crippen molar-refractivity contribution in [2.24, 2.45) is 7.05 Å². The second kappa shape index (κ2) is 6.93. The summed E-state index contributed by atoms with van der Waals surface area (Å²) >= 11 is 0. The molecule has 0 bridgehead atoms. The Kier molecular flexibility index (Phi) is 4.70. The van der Waals surface area contributed by atoms with E-state index in [1.807, 2.05) is 62.0 Å². The van der Waals surface area contributed by atoms with E-state index in [1.54, 1.807) is 0 Å². The first-order chi connectivity index (χ1) is 12.0. The average Bonchev–Trinajstić information content (AvgIpc) is 2.83. The van der Waals surface area contributed by atoms with Gasteiger partial charge in [0.1, 0.15) is 0 Å². The predicted octanol–water partition coefficient (Wildman–Crippen LogP) is 4.19. The lowest BCUT2D eigenvalue weighted by Gasteiger charge is -2.09. The standard InChI is InChI=1S/C21H23N3O/c1-14-7-5-6-8-19(14)21(25)22-18-11-9-17(10-12-18)13-20-15(2)23-24(4)16(20)3/h5-12H,13H2,1-4H3,(H,22,25). The quantitative estimate of drug-likeness (QED) is 0.778. The molecule has 0 unspecified atom stereocenters. The van der Waals surface area contributed by atoms with Crippen LogP contribution in [-0.2, 0) is 13.5 Å². The first-order valence-corrected chi connectivity index (χ1v) is 8.40. The van der Waals surface area contributed by atoms with Crippen LogP contribution in [0.2, 0.25) is 0 Å². The Labute approximate surface area is 148 Å². The van der Waals surface area contributed by atoms with Gasteiger partial charge in [0, 0.05) is 36.0 Å². The number of carbonyl (C=O) groups is 1. The number of benzene rings is 2. The lowest BCUT2D eigenvalue weighted by molar-refractivity contribution is 0.102. The third-order valence-electron chi connectivity index (χ3n) is 4.64. The number of carbonyl (C=O) groups excluding carboxylic acids is 1. The lowest BCUT2D eigenvalue weighted by Crippen LogP contribution is -2.13. The molecule has 0 aliphatic carbocycles. The summed E-state index contributed by atoms with van der Waals surface area (Å²) in [6, 6.07) is 15.6. The molecule has 0 radical (unpaired) electrons. The Morgan fingerprint density at radius 2 is 1.72 bits per heavy atom. The topological polar surface area (TPSA) is 46.9 Å². The highest BCUT2D eigenvalue weighted by atomic mass is 16.1. The van der Waals surface area contributed by atoms with Crippen molar-refractivity contribution < 1.29 is 4.79 Å². The second-order valence-electron chi connectivity index (χ2n) is 6.42. The molecule has 4 heteroatoms. The van der Waals surface area contributed by atoms with E-state index in [4.69, 9.17) is 0 Å². The monoisotopic (exact) mass is 333 g/mol. The maximum absolute atomic E-state index is 12.4. The Morgan fingerprint density at radius 1 is 1.04 bits per heavy atom. The van der Waals surface area contributed by atoms with Crippen LogP contribution in [-0.4, -0.2) is 15.7 Å². The minimum Gasteiger partial charge on any atom is -0.322 e. The Morgan fingerprint density at radius 3 is 2.32 bits per heavy atom. The summed E-state index contributed by atoms with van der Waals surface area (Å²) in [5, 5.41) is 7.43. The minimum atomic E-state index is -0.0789. The van der Waals surface area contributed by atoms with Crippen LogP contribution in [0, 0.1) is 20.8 Å². The number of anilines is 1. The van der Waals surface area contributed by atoms with Gasteiger partial charge in [0.15, 0.2) is 0 Å². The Bertz CT molecular complexity index is 907. The van der Waals surface area contributed by atoms with Gasteiger partial charge in [-0.1, -0.05) is 30.3 Å². The Hall–Kier alpha value is -2.88. The average molecular weight is 333 g/mol. The van der Waals surface area contributed by atoms with Crippen LogP contribution in [0.25, 0.3) is 0 Å². The van der Waals surface area contributed by atoms with Crippen molar-refractivity contribution in [2.45, 2.75) is 27.2 Å². The van der Waals surface area contributed by atoms with Crippen LogP contribution < -0.4 is 5.32 Å². The normalized spacial score (nSPS) is 10.7. The van der Waals surface area contributed by atoms with Crippen LogP contribution in [0.4, 0.5) is 5.69 Å². The van der Waals surface area contributed by atoms with Crippen molar-refractivity contribution in [2.75, 3.05) is 5.32 Å². The fourth-order valence-corrected chi connectivity index (χ4v) is 3.01. The molecule has 0 saturated heterocycles. The molecule has 4 nitrogen and oxygen atoms in total. The van der Waals surface area contributed by atoms with Crippen molar-refractivity contribution in [1.29, 1.82) is 0 Å². The fourth-order valence-electron chi connectivity index (χ4n) is 3.01. The predicted molar refractivity (Wildman–Crippen MR) is 101 cm³/mol. The number of hydrogen-bond acceptors (Lipinski definition) is 2. The third kappa shape index (κ3) is 3.63. The Balaban J connectivity index is 1.72. The number of hydrogen-bond donors (Lipinski definition) is 1. The molecule has 0 aliphatic heterocycles. The van der Waals surface area contributed by atoms with Crippen LogP contribution in [0.3, 0.4) is 0 Å². The molecule has 1 N–H and O–H groups in total. The molecule has 3 aromatic rings. The zero-order chi connectivity index (χ0) is 18.0. The summed E-state index contributed by atoms with van der Waals surface area (Å²) in [7, 11) is 1.97. The van der Waals surface area contributed by atoms with Gasteiger partial charge in [-0.2, -0.15) is 5.10 Å². The molecule has 1 heterocycles. The maximum atomic E-state index is 12.4. The van der Waals surface area contributed by atoms with Crippen molar-refractivity contribution in [3.05, 3.63) is 82.2 Å². The summed E-state index contributed by atoms with van der Waals surface area (Å²) in [5.41, 5.74) is 7.20. The molecule has 128 valence electrons. The molecule has 1 aromatic heterocycles. The number of nitrogens with one attached hydrogen (secondary N) is 1. The van der Waals surface area contributed by atoms with Crippen LogP contribution in [0.5, 0.6) is 0 Å². The largest absolute Gasteiger partial charge is 0.322 e. The van der Waals surface area contributed by atoms with Gasteiger partial charge in [-0.05, 0) is 50.1 Å². The molecular formula is C21H23N3O. The first kappa shape index (κ1) is 17.0. The van der Waals surface area contributed by atoms with Gasteiger partial charge < -0.3 is 5.32 Å². The van der Waals surface area contributed by atoms with Crippen molar-refractivity contribution in [1.82, 2.24) is 9.78 Å². The van der Waals surface area contributed by atoms with Gasteiger partial charge in [-0.15, -0.1) is 0 Å². The number of aromatic nitrogens is 2. The minimum absolute atomic E-state index is 0.0789. The molecule has 0 saturated carbocycles. The van der Waals surface area contributed by atoms with Crippen molar-refractivity contribution >= 4 is 11.6 Å². The van der Waals surface area contributed by atoms with Crippen LogP contribution in [0.1, 0.15) is 38.4 Å². The second-order valence-corrected chi connectivity index (χ2v) is 6.42. The van der Waals surface area contributed by atoms with Gasteiger partial charge in [0.2, 0.25) is 0 Å². The van der Waals surface area contributed by atoms with E-state index < -0.39 is 0 Å². The lowest BCUT2D eigenvalue weighted by atomic mass is 10.0. The number of nitrogens with zero attached hydrogens (tertiary/aromatic N) is 2.